The van der Waals surface area contributed by atoms with E-state index in [0.29, 0.717) is 6.54 Å². The number of morpholine rings is 1. The molecule has 0 unspecified atom stereocenters. The van der Waals surface area contributed by atoms with Gasteiger partial charge in [-0.3, -0.25) is 9.69 Å². The van der Waals surface area contributed by atoms with E-state index in [0.717, 1.165) is 25.2 Å². The first-order valence-corrected chi connectivity index (χ1v) is 8.77. The fourth-order valence-corrected chi connectivity index (χ4v) is 3.03. The Bertz CT molecular complexity index is 523. The Morgan fingerprint density at radius 3 is 2.50 bits per heavy atom. The van der Waals surface area contributed by atoms with E-state index in [-0.39, 0.29) is 30.8 Å². The molecule has 1 heterocycles. The average Bonchev–Trinajstić information content (AvgIpc) is 2.51. The standard InChI is InChI=1S/C19H30N2O3/c1-14(2)23-13-19(22)20-9-17-7-5-6-8-18(17)12-21-10-15(3)24-16(4)11-21/h5-8,14-16H,9-13H2,1-4H3,(H,20,22)/t15-,16+. The maximum atomic E-state index is 11.8. The molecule has 0 bridgehead atoms. The van der Waals surface area contributed by atoms with Gasteiger partial charge in [0.05, 0.1) is 18.3 Å². The van der Waals surface area contributed by atoms with Crippen LogP contribution < -0.4 is 5.32 Å². The minimum atomic E-state index is -0.0767. The van der Waals surface area contributed by atoms with Gasteiger partial charge in [0.25, 0.3) is 0 Å². The molecule has 1 aromatic carbocycles. The molecule has 1 aliphatic heterocycles. The fourth-order valence-electron chi connectivity index (χ4n) is 3.03. The van der Waals surface area contributed by atoms with E-state index >= 15 is 0 Å². The smallest absolute Gasteiger partial charge is 0.246 e. The minimum absolute atomic E-state index is 0.0633. The third-order valence-electron chi connectivity index (χ3n) is 4.03. The van der Waals surface area contributed by atoms with Crippen molar-refractivity contribution in [2.24, 2.45) is 0 Å². The molecule has 2 atom stereocenters. The van der Waals surface area contributed by atoms with Crippen molar-refractivity contribution in [2.75, 3.05) is 19.7 Å². The second-order valence-corrected chi connectivity index (χ2v) is 6.86. The second kappa shape index (κ2) is 9.16. The lowest BCUT2D eigenvalue weighted by Gasteiger charge is -2.35. The van der Waals surface area contributed by atoms with Crippen LogP contribution in [0.1, 0.15) is 38.8 Å². The quantitative estimate of drug-likeness (QED) is 0.831. The molecule has 2 rings (SSSR count). The summed E-state index contributed by atoms with van der Waals surface area (Å²) in [6.07, 6.45) is 0.580. The summed E-state index contributed by atoms with van der Waals surface area (Å²) in [4.78, 5) is 14.3. The maximum absolute atomic E-state index is 11.8. The molecule has 1 saturated heterocycles. The van der Waals surface area contributed by atoms with Gasteiger partial charge in [0.15, 0.2) is 0 Å². The lowest BCUT2D eigenvalue weighted by Crippen LogP contribution is -2.45. The van der Waals surface area contributed by atoms with Crippen molar-refractivity contribution >= 4 is 5.91 Å². The molecule has 1 N–H and O–H groups in total. The molecule has 5 nitrogen and oxygen atoms in total. The van der Waals surface area contributed by atoms with Crippen LogP contribution >= 0.6 is 0 Å². The van der Waals surface area contributed by atoms with Gasteiger partial charge in [-0.15, -0.1) is 0 Å². The highest BCUT2D eigenvalue weighted by Gasteiger charge is 2.22. The molecule has 134 valence electrons. The summed E-state index contributed by atoms with van der Waals surface area (Å²) in [7, 11) is 0. The van der Waals surface area contributed by atoms with E-state index in [2.05, 4.69) is 42.3 Å². The van der Waals surface area contributed by atoms with Gasteiger partial charge in [-0.25, -0.2) is 0 Å². The third kappa shape index (κ3) is 6.23. The monoisotopic (exact) mass is 334 g/mol. The van der Waals surface area contributed by atoms with E-state index < -0.39 is 0 Å². The summed E-state index contributed by atoms with van der Waals surface area (Å²) >= 11 is 0. The Labute approximate surface area is 145 Å². The maximum Gasteiger partial charge on any atom is 0.246 e. The zero-order chi connectivity index (χ0) is 17.5. The zero-order valence-electron chi connectivity index (χ0n) is 15.2. The number of ether oxygens (including phenoxy) is 2. The summed E-state index contributed by atoms with van der Waals surface area (Å²) in [5, 5.41) is 2.94. The van der Waals surface area contributed by atoms with Crippen molar-refractivity contribution in [3.63, 3.8) is 0 Å². The molecule has 1 fully saturated rings. The molecule has 1 amide bonds. The van der Waals surface area contributed by atoms with Crippen LogP contribution in [0, 0.1) is 0 Å². The topological polar surface area (TPSA) is 50.8 Å². The minimum Gasteiger partial charge on any atom is -0.373 e. The number of carbonyl (C=O) groups is 1. The van der Waals surface area contributed by atoms with E-state index in [9.17, 15) is 4.79 Å². The van der Waals surface area contributed by atoms with E-state index in [1.807, 2.05) is 19.9 Å². The van der Waals surface area contributed by atoms with Crippen molar-refractivity contribution in [1.82, 2.24) is 10.2 Å². The third-order valence-corrected chi connectivity index (χ3v) is 4.03. The van der Waals surface area contributed by atoms with Gasteiger partial charge in [0.2, 0.25) is 5.91 Å². The number of nitrogens with one attached hydrogen (secondary N) is 1. The lowest BCUT2D eigenvalue weighted by molar-refractivity contribution is -0.127. The zero-order valence-corrected chi connectivity index (χ0v) is 15.2. The van der Waals surface area contributed by atoms with Crippen molar-refractivity contribution in [3.05, 3.63) is 35.4 Å². The van der Waals surface area contributed by atoms with Crippen molar-refractivity contribution in [1.29, 1.82) is 0 Å². The molecular weight excluding hydrogens is 304 g/mol. The molecule has 0 spiro atoms. The first kappa shape index (κ1) is 18.9. The van der Waals surface area contributed by atoms with Crippen molar-refractivity contribution < 1.29 is 14.3 Å². The predicted octanol–water partition coefficient (Wildman–Crippen LogP) is 2.34. The number of nitrogens with zero attached hydrogens (tertiary/aromatic N) is 1. The Morgan fingerprint density at radius 2 is 1.88 bits per heavy atom. The van der Waals surface area contributed by atoms with Gasteiger partial charge in [-0.1, -0.05) is 24.3 Å². The number of amides is 1. The predicted molar refractivity (Wildman–Crippen MR) is 94.7 cm³/mol. The molecule has 1 aromatic rings. The number of hydrogen-bond donors (Lipinski definition) is 1. The van der Waals surface area contributed by atoms with Gasteiger partial charge in [-0.2, -0.15) is 0 Å². The van der Waals surface area contributed by atoms with Crippen LogP contribution in [0.3, 0.4) is 0 Å². The summed E-state index contributed by atoms with van der Waals surface area (Å²) in [6.45, 7) is 11.5. The molecule has 5 heteroatoms. The highest BCUT2D eigenvalue weighted by molar-refractivity contribution is 5.77. The number of hydrogen-bond acceptors (Lipinski definition) is 4. The van der Waals surface area contributed by atoms with Crippen molar-refractivity contribution in [3.8, 4) is 0 Å². The Balaban J connectivity index is 1.91. The van der Waals surface area contributed by atoms with Crippen LogP contribution in [-0.2, 0) is 27.4 Å². The average molecular weight is 334 g/mol. The number of carbonyl (C=O) groups excluding carboxylic acids is 1. The van der Waals surface area contributed by atoms with Gasteiger partial charge < -0.3 is 14.8 Å². The van der Waals surface area contributed by atoms with E-state index in [4.69, 9.17) is 9.47 Å². The Kier molecular flexibility index (Phi) is 7.21. The molecule has 1 aliphatic rings. The molecule has 0 aliphatic carbocycles. The largest absolute Gasteiger partial charge is 0.373 e. The van der Waals surface area contributed by atoms with Crippen LogP contribution in [0.5, 0.6) is 0 Å². The van der Waals surface area contributed by atoms with Crippen LogP contribution in [0.25, 0.3) is 0 Å². The SMILES string of the molecule is CC(C)OCC(=O)NCc1ccccc1CN1C[C@@H](C)O[C@@H](C)C1. The second-order valence-electron chi connectivity index (χ2n) is 6.86. The Hall–Kier alpha value is -1.43. The summed E-state index contributed by atoms with van der Waals surface area (Å²) in [5.74, 6) is -0.0767. The molecule has 24 heavy (non-hydrogen) atoms. The lowest BCUT2D eigenvalue weighted by atomic mass is 10.1. The molecule has 0 aromatic heterocycles. The summed E-state index contributed by atoms with van der Waals surface area (Å²) in [5.41, 5.74) is 2.41. The summed E-state index contributed by atoms with van der Waals surface area (Å²) in [6, 6.07) is 8.28. The molecule has 0 saturated carbocycles. The first-order valence-electron chi connectivity index (χ1n) is 8.77. The van der Waals surface area contributed by atoms with Crippen molar-refractivity contribution in [2.45, 2.75) is 59.1 Å². The number of benzene rings is 1. The van der Waals surface area contributed by atoms with Gasteiger partial charge in [-0.05, 0) is 38.8 Å². The Morgan fingerprint density at radius 1 is 1.25 bits per heavy atom. The van der Waals surface area contributed by atoms with Crippen LogP contribution in [0.4, 0.5) is 0 Å². The highest BCUT2D eigenvalue weighted by Crippen LogP contribution is 2.17. The highest BCUT2D eigenvalue weighted by atomic mass is 16.5. The van der Waals surface area contributed by atoms with Gasteiger partial charge in [0, 0.05) is 26.2 Å². The van der Waals surface area contributed by atoms with Gasteiger partial charge >= 0.3 is 0 Å². The fraction of sp³-hybridized carbons (Fsp3) is 0.632. The van der Waals surface area contributed by atoms with Crippen LogP contribution in [0.15, 0.2) is 24.3 Å². The van der Waals surface area contributed by atoms with E-state index in [1.165, 1.54) is 5.56 Å². The molecular formula is C19H30N2O3. The van der Waals surface area contributed by atoms with E-state index in [1.54, 1.807) is 0 Å². The summed E-state index contributed by atoms with van der Waals surface area (Å²) < 4.78 is 11.1. The van der Waals surface area contributed by atoms with Gasteiger partial charge in [0.1, 0.15) is 6.61 Å². The molecule has 0 radical (unpaired) electrons. The number of rotatable bonds is 7. The normalized spacial score (nSPS) is 21.9. The van der Waals surface area contributed by atoms with Crippen LogP contribution in [-0.4, -0.2) is 48.8 Å². The van der Waals surface area contributed by atoms with Crippen LogP contribution in [0.2, 0.25) is 0 Å². The first-order chi connectivity index (χ1) is 11.4.